The Morgan fingerprint density at radius 2 is 1.50 bits per heavy atom. The lowest BCUT2D eigenvalue weighted by Gasteiger charge is -2.32. The molecule has 1 saturated heterocycles. The zero-order valence-corrected chi connectivity index (χ0v) is 14.6. The van der Waals surface area contributed by atoms with Crippen molar-refractivity contribution in [2.45, 2.75) is 38.9 Å². The summed E-state index contributed by atoms with van der Waals surface area (Å²) in [5.41, 5.74) is 3.81. The zero-order valence-electron chi connectivity index (χ0n) is 14.6. The van der Waals surface area contributed by atoms with Crippen LogP contribution in [-0.2, 0) is 9.31 Å². The van der Waals surface area contributed by atoms with Crippen LogP contribution in [0.5, 0.6) is 0 Å². The van der Waals surface area contributed by atoms with E-state index in [0.717, 1.165) is 16.7 Å². The van der Waals surface area contributed by atoms with Gasteiger partial charge in [-0.15, -0.1) is 0 Å². The Morgan fingerprint density at radius 1 is 0.833 bits per heavy atom. The molecule has 4 rings (SSSR count). The van der Waals surface area contributed by atoms with E-state index in [1.54, 1.807) is 0 Å². The van der Waals surface area contributed by atoms with Gasteiger partial charge in [0.2, 0.25) is 0 Å². The molecular weight excluding hydrogens is 297 g/mol. The van der Waals surface area contributed by atoms with E-state index in [4.69, 9.17) is 9.31 Å². The van der Waals surface area contributed by atoms with E-state index < -0.39 is 0 Å². The third-order valence-electron chi connectivity index (χ3n) is 5.26. The second-order valence-electron chi connectivity index (χ2n) is 7.48. The lowest BCUT2D eigenvalue weighted by Crippen LogP contribution is -2.41. The summed E-state index contributed by atoms with van der Waals surface area (Å²) in [4.78, 5) is 3.51. The average molecular weight is 319 g/mol. The molecule has 1 fully saturated rings. The molecule has 0 unspecified atom stereocenters. The van der Waals surface area contributed by atoms with Crippen molar-refractivity contribution >= 4 is 23.5 Å². The molecule has 1 aromatic heterocycles. The van der Waals surface area contributed by atoms with Crippen LogP contribution < -0.4 is 5.46 Å². The third kappa shape index (κ3) is 2.47. The molecule has 1 N–H and O–H groups in total. The molecule has 24 heavy (non-hydrogen) atoms. The predicted molar refractivity (Wildman–Crippen MR) is 99.5 cm³/mol. The summed E-state index contributed by atoms with van der Waals surface area (Å²) in [5.74, 6) is 0. The van der Waals surface area contributed by atoms with Crippen LogP contribution in [0.1, 0.15) is 27.7 Å². The van der Waals surface area contributed by atoms with Crippen LogP contribution >= 0.6 is 0 Å². The molecule has 122 valence electrons. The highest BCUT2D eigenvalue weighted by atomic mass is 16.7. The number of aromatic nitrogens is 1. The van der Waals surface area contributed by atoms with E-state index in [-0.39, 0.29) is 18.3 Å². The molecule has 1 aliphatic heterocycles. The van der Waals surface area contributed by atoms with E-state index in [2.05, 4.69) is 81.2 Å². The molecule has 2 heterocycles. The first-order valence-electron chi connectivity index (χ1n) is 8.39. The van der Waals surface area contributed by atoms with Gasteiger partial charge in [0.25, 0.3) is 0 Å². The van der Waals surface area contributed by atoms with Crippen LogP contribution in [-0.4, -0.2) is 23.3 Å². The van der Waals surface area contributed by atoms with Gasteiger partial charge in [-0.2, -0.15) is 0 Å². The molecule has 3 aromatic rings. The Bertz CT molecular complexity index is 867. The number of H-pyrrole nitrogens is 1. The van der Waals surface area contributed by atoms with Crippen molar-refractivity contribution in [2.24, 2.45) is 0 Å². The van der Waals surface area contributed by atoms with Gasteiger partial charge in [0.05, 0.1) is 11.2 Å². The van der Waals surface area contributed by atoms with Crippen LogP contribution in [0, 0.1) is 0 Å². The monoisotopic (exact) mass is 319 g/mol. The number of rotatable bonds is 2. The maximum atomic E-state index is 6.15. The zero-order chi connectivity index (χ0) is 16.9. The summed E-state index contributed by atoms with van der Waals surface area (Å²) in [6.07, 6.45) is 0. The fourth-order valence-corrected chi connectivity index (χ4v) is 3.04. The van der Waals surface area contributed by atoms with Crippen LogP contribution in [0.4, 0.5) is 0 Å². The second kappa shape index (κ2) is 5.23. The fourth-order valence-electron chi connectivity index (χ4n) is 3.04. The minimum atomic E-state index is -0.331. The van der Waals surface area contributed by atoms with Gasteiger partial charge >= 0.3 is 7.12 Å². The van der Waals surface area contributed by atoms with Gasteiger partial charge in [-0.3, -0.25) is 0 Å². The Kier molecular flexibility index (Phi) is 3.38. The van der Waals surface area contributed by atoms with Crippen LogP contribution in [0.15, 0.2) is 54.6 Å². The Balaban J connectivity index is 1.70. The van der Waals surface area contributed by atoms with Crippen molar-refractivity contribution in [1.82, 2.24) is 4.98 Å². The number of fused-ring (bicyclic) bond motifs is 1. The van der Waals surface area contributed by atoms with Crippen molar-refractivity contribution in [3.05, 3.63) is 54.6 Å². The van der Waals surface area contributed by atoms with Crippen LogP contribution in [0.2, 0.25) is 0 Å². The summed E-state index contributed by atoms with van der Waals surface area (Å²) in [7, 11) is -0.331. The van der Waals surface area contributed by atoms with E-state index in [9.17, 15) is 0 Å². The van der Waals surface area contributed by atoms with E-state index >= 15 is 0 Å². The summed E-state index contributed by atoms with van der Waals surface area (Å²) in [6, 6.07) is 18.9. The highest BCUT2D eigenvalue weighted by Crippen LogP contribution is 2.36. The quantitative estimate of drug-likeness (QED) is 0.721. The summed E-state index contributed by atoms with van der Waals surface area (Å²) >= 11 is 0. The van der Waals surface area contributed by atoms with E-state index in [0.29, 0.717) is 0 Å². The molecule has 3 nitrogen and oxygen atoms in total. The Hall–Kier alpha value is -2.04. The minimum Gasteiger partial charge on any atom is -0.399 e. The fraction of sp³-hybridized carbons (Fsp3) is 0.300. The topological polar surface area (TPSA) is 34.2 Å². The minimum absolute atomic E-state index is 0.322. The Labute approximate surface area is 143 Å². The smallest absolute Gasteiger partial charge is 0.399 e. The molecule has 0 aliphatic carbocycles. The van der Waals surface area contributed by atoms with Crippen molar-refractivity contribution in [1.29, 1.82) is 0 Å². The Morgan fingerprint density at radius 3 is 2.17 bits per heavy atom. The van der Waals surface area contributed by atoms with Gasteiger partial charge in [0.1, 0.15) is 0 Å². The second-order valence-corrected chi connectivity index (χ2v) is 7.48. The average Bonchev–Trinajstić information content (AvgIpc) is 3.06. The van der Waals surface area contributed by atoms with Gasteiger partial charge in [-0.05, 0) is 56.2 Å². The maximum Gasteiger partial charge on any atom is 0.494 e. The molecule has 0 atom stereocenters. The predicted octanol–water partition coefficient (Wildman–Crippen LogP) is 4.13. The molecule has 0 bridgehead atoms. The van der Waals surface area contributed by atoms with Crippen molar-refractivity contribution in [3.63, 3.8) is 0 Å². The van der Waals surface area contributed by atoms with Gasteiger partial charge in [-0.1, -0.05) is 42.5 Å². The lowest BCUT2D eigenvalue weighted by molar-refractivity contribution is 0.00578. The highest BCUT2D eigenvalue weighted by Gasteiger charge is 2.51. The first-order chi connectivity index (χ1) is 11.4. The first-order valence-corrected chi connectivity index (χ1v) is 8.39. The third-order valence-corrected chi connectivity index (χ3v) is 5.26. The van der Waals surface area contributed by atoms with Gasteiger partial charge in [0.15, 0.2) is 0 Å². The lowest BCUT2D eigenvalue weighted by atomic mass is 9.79. The van der Waals surface area contributed by atoms with Crippen molar-refractivity contribution in [2.75, 3.05) is 0 Å². The number of nitrogens with one attached hydrogen (secondary N) is 1. The van der Waals surface area contributed by atoms with Gasteiger partial charge in [0, 0.05) is 11.2 Å². The molecule has 0 radical (unpaired) electrons. The summed E-state index contributed by atoms with van der Waals surface area (Å²) < 4.78 is 12.3. The molecular formula is C20H22BNO2. The normalized spacial score (nSPS) is 19.1. The summed E-state index contributed by atoms with van der Waals surface area (Å²) in [5, 5.41) is 1.19. The standard InChI is InChI=1S/C20H22BNO2/c1-19(2)20(3,4)24-21(23-19)16-11-10-15-12-17(22-18(15)13-16)14-8-6-5-7-9-14/h5-13,22H,1-4H3. The molecule has 4 heteroatoms. The number of hydrogen-bond acceptors (Lipinski definition) is 2. The van der Waals surface area contributed by atoms with Crippen LogP contribution in [0.3, 0.4) is 0 Å². The maximum absolute atomic E-state index is 6.15. The SMILES string of the molecule is CC1(C)OB(c2ccc3cc(-c4ccccc4)[nH]c3c2)OC1(C)C. The highest BCUT2D eigenvalue weighted by molar-refractivity contribution is 6.62. The number of hydrogen-bond donors (Lipinski definition) is 1. The van der Waals surface area contributed by atoms with E-state index in [1.165, 1.54) is 10.9 Å². The van der Waals surface area contributed by atoms with Gasteiger partial charge < -0.3 is 14.3 Å². The molecule has 0 amide bonds. The largest absolute Gasteiger partial charge is 0.494 e. The van der Waals surface area contributed by atoms with Crippen molar-refractivity contribution in [3.8, 4) is 11.3 Å². The molecule has 2 aromatic carbocycles. The summed E-state index contributed by atoms with van der Waals surface area (Å²) in [6.45, 7) is 8.31. The number of benzene rings is 2. The molecule has 1 aliphatic rings. The van der Waals surface area contributed by atoms with E-state index in [1.807, 2.05) is 6.07 Å². The van der Waals surface area contributed by atoms with Gasteiger partial charge in [-0.25, -0.2) is 0 Å². The van der Waals surface area contributed by atoms with Crippen LogP contribution in [0.25, 0.3) is 22.2 Å². The number of aromatic amines is 1. The molecule has 0 spiro atoms. The van der Waals surface area contributed by atoms with Crippen molar-refractivity contribution < 1.29 is 9.31 Å². The molecule has 0 saturated carbocycles. The first kappa shape index (κ1) is 15.5.